The molecule has 0 aromatic rings. The molecule has 0 unspecified atom stereocenters. The van der Waals surface area contributed by atoms with Crippen LogP contribution in [0.3, 0.4) is 0 Å². The first-order chi connectivity index (χ1) is 6.20. The Kier molecular flexibility index (Phi) is 7.10. The molecule has 0 aliphatic heterocycles. The molecule has 5 heteroatoms. The van der Waals surface area contributed by atoms with Gasteiger partial charge < -0.3 is 9.47 Å². The molecular weight excluding hydrogens is 192 g/mol. The average molecular weight is 204 g/mol. The molecule has 0 fully saturated rings. The normalized spacial score (nSPS) is 10.0. The minimum atomic E-state index is -0.434. The number of rotatable bonds is 5. The topological polar surface area (TPSA) is 52.6 Å². The van der Waals surface area contributed by atoms with Crippen LogP contribution in [0.2, 0.25) is 0 Å². The van der Waals surface area contributed by atoms with Crippen molar-refractivity contribution >= 4 is 23.7 Å². The molecule has 0 atom stereocenters. The van der Waals surface area contributed by atoms with Gasteiger partial charge in [-0.2, -0.15) is 0 Å². The first-order valence-electron chi connectivity index (χ1n) is 3.72. The van der Waals surface area contributed by atoms with Gasteiger partial charge >= 0.3 is 11.9 Å². The van der Waals surface area contributed by atoms with Crippen molar-refractivity contribution in [3.05, 3.63) is 11.5 Å². The third-order valence-electron chi connectivity index (χ3n) is 1.01. The summed E-state index contributed by atoms with van der Waals surface area (Å²) in [6.45, 7) is 2.12. The van der Waals surface area contributed by atoms with Crippen LogP contribution in [-0.4, -0.2) is 31.4 Å². The molecule has 0 amide bonds. The second-order valence-corrected chi connectivity index (χ2v) is 2.84. The number of methoxy groups -OCH3 is 1. The van der Waals surface area contributed by atoms with Gasteiger partial charge in [-0.1, -0.05) is 0 Å². The Morgan fingerprint density at radius 2 is 2.15 bits per heavy atom. The average Bonchev–Trinajstić information content (AvgIpc) is 2.12. The predicted molar refractivity (Wildman–Crippen MR) is 50.2 cm³/mol. The molecule has 4 nitrogen and oxygen atoms in total. The van der Waals surface area contributed by atoms with Gasteiger partial charge in [-0.15, -0.1) is 11.8 Å². The molecule has 13 heavy (non-hydrogen) atoms. The molecule has 0 aromatic carbocycles. The molecule has 0 spiro atoms. The molecular formula is C8H12O4S. The van der Waals surface area contributed by atoms with Crippen LogP contribution in [-0.2, 0) is 19.1 Å². The van der Waals surface area contributed by atoms with Gasteiger partial charge in [-0.05, 0) is 12.3 Å². The molecule has 0 saturated heterocycles. The van der Waals surface area contributed by atoms with E-state index in [1.54, 1.807) is 6.92 Å². The summed E-state index contributed by atoms with van der Waals surface area (Å²) in [4.78, 5) is 21.3. The van der Waals surface area contributed by atoms with E-state index in [4.69, 9.17) is 0 Å². The number of esters is 2. The van der Waals surface area contributed by atoms with E-state index in [1.165, 1.54) is 30.4 Å². The summed E-state index contributed by atoms with van der Waals surface area (Å²) in [6, 6.07) is 0. The van der Waals surface area contributed by atoms with Crippen molar-refractivity contribution in [2.45, 2.75) is 6.92 Å². The summed E-state index contributed by atoms with van der Waals surface area (Å²) in [5, 5.41) is 1.50. The molecule has 0 bridgehead atoms. The molecule has 0 radical (unpaired) electrons. The minimum Gasteiger partial charge on any atom is -0.466 e. The van der Waals surface area contributed by atoms with Crippen molar-refractivity contribution in [1.29, 1.82) is 0 Å². The van der Waals surface area contributed by atoms with Crippen LogP contribution in [0.15, 0.2) is 11.5 Å². The van der Waals surface area contributed by atoms with Crippen LogP contribution in [0.25, 0.3) is 0 Å². The third-order valence-corrected chi connectivity index (χ3v) is 1.74. The number of hydrogen-bond acceptors (Lipinski definition) is 5. The summed E-state index contributed by atoms with van der Waals surface area (Å²) in [7, 11) is 1.29. The van der Waals surface area contributed by atoms with Crippen LogP contribution in [0.4, 0.5) is 0 Å². The van der Waals surface area contributed by atoms with E-state index in [0.717, 1.165) is 0 Å². The van der Waals surface area contributed by atoms with Crippen LogP contribution in [0, 0.1) is 0 Å². The standard InChI is InChI=1S/C8H12O4S/c1-3-12-8(10)6-13-5-4-7(9)11-2/h4-5H,3,6H2,1-2H3. The van der Waals surface area contributed by atoms with Gasteiger partial charge in [0, 0.05) is 6.08 Å². The predicted octanol–water partition coefficient (Wildman–Crippen LogP) is 0.969. The second-order valence-electron chi connectivity index (χ2n) is 1.94. The van der Waals surface area contributed by atoms with E-state index in [0.29, 0.717) is 6.61 Å². The molecule has 0 heterocycles. The fraction of sp³-hybridized carbons (Fsp3) is 0.500. The highest BCUT2D eigenvalue weighted by molar-refractivity contribution is 8.02. The third kappa shape index (κ3) is 7.39. The quantitative estimate of drug-likeness (QED) is 0.493. The van der Waals surface area contributed by atoms with Crippen LogP contribution >= 0.6 is 11.8 Å². The molecule has 0 saturated carbocycles. The zero-order valence-electron chi connectivity index (χ0n) is 7.61. The van der Waals surface area contributed by atoms with E-state index in [9.17, 15) is 9.59 Å². The molecule has 0 rings (SSSR count). The number of carbonyl (C=O) groups is 2. The van der Waals surface area contributed by atoms with Crippen LogP contribution in [0.1, 0.15) is 6.92 Å². The summed E-state index contributed by atoms with van der Waals surface area (Å²) >= 11 is 1.19. The summed E-state index contributed by atoms with van der Waals surface area (Å²) in [5.41, 5.74) is 0. The first-order valence-corrected chi connectivity index (χ1v) is 4.77. The van der Waals surface area contributed by atoms with Gasteiger partial charge in [0.05, 0.1) is 19.5 Å². The van der Waals surface area contributed by atoms with Gasteiger partial charge in [-0.25, -0.2) is 4.79 Å². The van der Waals surface area contributed by atoms with Crippen molar-refractivity contribution in [3.63, 3.8) is 0 Å². The largest absolute Gasteiger partial charge is 0.466 e. The van der Waals surface area contributed by atoms with Gasteiger partial charge in [0.15, 0.2) is 0 Å². The maximum absolute atomic E-state index is 10.8. The molecule has 0 aliphatic carbocycles. The number of hydrogen-bond donors (Lipinski definition) is 0. The Hall–Kier alpha value is -0.970. The molecule has 0 N–H and O–H groups in total. The lowest BCUT2D eigenvalue weighted by atomic mass is 10.7. The molecule has 0 aliphatic rings. The number of carbonyl (C=O) groups excluding carboxylic acids is 2. The zero-order chi connectivity index (χ0) is 10.1. The number of ether oxygens (including phenoxy) is 2. The lowest BCUT2D eigenvalue weighted by Crippen LogP contribution is -2.05. The van der Waals surface area contributed by atoms with Crippen molar-refractivity contribution in [2.24, 2.45) is 0 Å². The SMILES string of the molecule is CCOC(=O)CSC=CC(=O)OC. The summed E-state index contributed by atoms with van der Waals surface area (Å²) in [6.07, 6.45) is 1.25. The summed E-state index contributed by atoms with van der Waals surface area (Å²) in [5.74, 6) is -0.514. The number of thioether (sulfide) groups is 1. The van der Waals surface area contributed by atoms with E-state index in [1.807, 2.05) is 0 Å². The van der Waals surface area contributed by atoms with Crippen molar-refractivity contribution in [1.82, 2.24) is 0 Å². The first kappa shape index (κ1) is 12.0. The van der Waals surface area contributed by atoms with Crippen molar-refractivity contribution in [3.8, 4) is 0 Å². The Morgan fingerprint density at radius 1 is 1.46 bits per heavy atom. The summed E-state index contributed by atoms with van der Waals surface area (Å²) < 4.78 is 9.01. The Morgan fingerprint density at radius 3 is 2.69 bits per heavy atom. The molecule has 0 aromatic heterocycles. The zero-order valence-corrected chi connectivity index (χ0v) is 8.43. The van der Waals surface area contributed by atoms with E-state index in [-0.39, 0.29) is 11.7 Å². The van der Waals surface area contributed by atoms with Crippen molar-refractivity contribution < 1.29 is 19.1 Å². The fourth-order valence-electron chi connectivity index (χ4n) is 0.491. The second kappa shape index (κ2) is 7.67. The highest BCUT2D eigenvalue weighted by Crippen LogP contribution is 2.02. The Balaban J connectivity index is 3.49. The highest BCUT2D eigenvalue weighted by Gasteiger charge is 1.99. The van der Waals surface area contributed by atoms with Gasteiger partial charge in [0.2, 0.25) is 0 Å². The maximum atomic E-state index is 10.8. The lowest BCUT2D eigenvalue weighted by molar-refractivity contribution is -0.140. The van der Waals surface area contributed by atoms with Gasteiger partial charge in [-0.3, -0.25) is 4.79 Å². The lowest BCUT2D eigenvalue weighted by Gasteiger charge is -1.97. The van der Waals surface area contributed by atoms with Gasteiger partial charge in [0.25, 0.3) is 0 Å². The van der Waals surface area contributed by atoms with Crippen molar-refractivity contribution in [2.75, 3.05) is 19.5 Å². The monoisotopic (exact) mass is 204 g/mol. The minimum absolute atomic E-state index is 0.210. The highest BCUT2D eigenvalue weighted by atomic mass is 32.2. The van der Waals surface area contributed by atoms with Crippen LogP contribution < -0.4 is 0 Å². The van der Waals surface area contributed by atoms with Gasteiger partial charge in [0.1, 0.15) is 0 Å². The smallest absolute Gasteiger partial charge is 0.330 e. The fourth-order valence-corrected chi connectivity index (χ4v) is 1.01. The Labute approximate surface area is 81.3 Å². The molecule has 74 valence electrons. The van der Waals surface area contributed by atoms with E-state index >= 15 is 0 Å². The Bertz CT molecular complexity index is 200. The van der Waals surface area contributed by atoms with E-state index in [2.05, 4.69) is 9.47 Å². The maximum Gasteiger partial charge on any atom is 0.330 e. The van der Waals surface area contributed by atoms with E-state index < -0.39 is 5.97 Å². The van der Waals surface area contributed by atoms with Crippen LogP contribution in [0.5, 0.6) is 0 Å².